The Labute approximate surface area is 162 Å². The van der Waals surface area contributed by atoms with E-state index in [0.717, 1.165) is 10.1 Å². The van der Waals surface area contributed by atoms with Crippen LogP contribution in [0.5, 0.6) is 0 Å². The number of halogens is 2. The highest BCUT2D eigenvalue weighted by molar-refractivity contribution is 9.10. The van der Waals surface area contributed by atoms with Gasteiger partial charge in [0.2, 0.25) is 0 Å². The van der Waals surface area contributed by atoms with Crippen molar-refractivity contribution in [3.63, 3.8) is 0 Å². The van der Waals surface area contributed by atoms with E-state index in [9.17, 15) is 8.42 Å². The van der Waals surface area contributed by atoms with Gasteiger partial charge < -0.3 is 4.57 Å². The maximum atomic E-state index is 12.5. The summed E-state index contributed by atoms with van der Waals surface area (Å²) in [6.45, 7) is 0. The lowest BCUT2D eigenvalue weighted by molar-refractivity contribution is 0.601. The van der Waals surface area contributed by atoms with E-state index in [1.807, 2.05) is 7.05 Å². The highest BCUT2D eigenvalue weighted by Gasteiger charge is 2.18. The molecule has 6 nitrogen and oxygen atoms in total. The Kier molecular flexibility index (Phi) is 5.38. The van der Waals surface area contributed by atoms with Crippen LogP contribution in [0.4, 0.5) is 5.69 Å². The minimum atomic E-state index is -3.77. The molecule has 25 heavy (non-hydrogen) atoms. The van der Waals surface area contributed by atoms with E-state index in [1.54, 1.807) is 41.2 Å². The van der Waals surface area contributed by atoms with Gasteiger partial charge in [0.25, 0.3) is 10.0 Å². The number of anilines is 1. The highest BCUT2D eigenvalue weighted by Crippen LogP contribution is 2.29. The second kappa shape index (κ2) is 7.36. The van der Waals surface area contributed by atoms with Crippen LogP contribution in [0.2, 0.25) is 5.02 Å². The Morgan fingerprint density at radius 1 is 1.20 bits per heavy atom. The predicted molar refractivity (Wildman–Crippen MR) is 102 cm³/mol. The van der Waals surface area contributed by atoms with Gasteiger partial charge in [-0.05, 0) is 54.2 Å². The highest BCUT2D eigenvalue weighted by atomic mass is 79.9. The molecule has 130 valence electrons. The SMILES string of the molecule is Cn1cnnc1Sc1ccc(NS(=O)(=O)c2ccc(Br)cc2Cl)cc1. The molecule has 0 aliphatic heterocycles. The zero-order chi connectivity index (χ0) is 18.0. The molecular weight excluding hydrogens is 448 g/mol. The molecule has 0 spiro atoms. The topological polar surface area (TPSA) is 76.9 Å². The molecular formula is C15H12BrClN4O2S2. The van der Waals surface area contributed by atoms with E-state index in [1.165, 1.54) is 23.9 Å². The summed E-state index contributed by atoms with van der Waals surface area (Å²) in [5, 5.41) is 8.71. The number of nitrogens with zero attached hydrogens (tertiary/aromatic N) is 3. The van der Waals surface area contributed by atoms with Gasteiger partial charge in [-0.2, -0.15) is 0 Å². The van der Waals surface area contributed by atoms with Crippen LogP contribution in [0.15, 0.2) is 68.2 Å². The smallest absolute Gasteiger partial charge is 0.263 e. The van der Waals surface area contributed by atoms with E-state index < -0.39 is 10.0 Å². The van der Waals surface area contributed by atoms with Gasteiger partial charge in [-0.25, -0.2) is 8.42 Å². The Morgan fingerprint density at radius 2 is 1.92 bits per heavy atom. The van der Waals surface area contributed by atoms with E-state index in [4.69, 9.17) is 11.6 Å². The first-order chi connectivity index (χ1) is 11.8. The molecule has 2 aromatic carbocycles. The second-order valence-electron chi connectivity index (χ2n) is 5.03. The fourth-order valence-corrected chi connectivity index (χ4v) is 4.82. The van der Waals surface area contributed by atoms with Crippen molar-refractivity contribution in [3.8, 4) is 0 Å². The fourth-order valence-electron chi connectivity index (χ4n) is 1.96. The molecule has 1 aromatic heterocycles. The zero-order valence-corrected chi connectivity index (χ0v) is 16.8. The van der Waals surface area contributed by atoms with Crippen molar-refractivity contribution in [1.82, 2.24) is 14.8 Å². The monoisotopic (exact) mass is 458 g/mol. The number of rotatable bonds is 5. The van der Waals surface area contributed by atoms with Crippen LogP contribution >= 0.6 is 39.3 Å². The van der Waals surface area contributed by atoms with Crippen molar-refractivity contribution in [2.75, 3.05) is 4.72 Å². The number of benzene rings is 2. The Bertz CT molecular complexity index is 1010. The van der Waals surface area contributed by atoms with E-state index in [2.05, 4.69) is 30.8 Å². The van der Waals surface area contributed by atoms with Crippen LogP contribution < -0.4 is 4.72 Å². The molecule has 3 rings (SSSR count). The summed E-state index contributed by atoms with van der Waals surface area (Å²) in [6.07, 6.45) is 1.62. The summed E-state index contributed by atoms with van der Waals surface area (Å²) >= 11 is 10.7. The molecule has 0 saturated heterocycles. The summed E-state index contributed by atoms with van der Waals surface area (Å²) in [5.74, 6) is 0. The Balaban J connectivity index is 1.77. The Morgan fingerprint density at radius 3 is 2.52 bits per heavy atom. The van der Waals surface area contributed by atoms with Crippen LogP contribution in [0, 0.1) is 0 Å². The summed E-state index contributed by atoms with van der Waals surface area (Å²) in [7, 11) is -1.91. The molecule has 0 unspecified atom stereocenters. The predicted octanol–water partition coefficient (Wildman–Crippen LogP) is 4.18. The zero-order valence-electron chi connectivity index (χ0n) is 12.8. The lowest BCUT2D eigenvalue weighted by Crippen LogP contribution is -2.13. The van der Waals surface area contributed by atoms with Gasteiger partial charge in [-0.15, -0.1) is 10.2 Å². The van der Waals surface area contributed by atoms with Gasteiger partial charge in [-0.1, -0.05) is 27.5 Å². The second-order valence-corrected chi connectivity index (χ2v) is 9.05. The molecule has 0 amide bonds. The third-order valence-corrected chi connectivity index (χ3v) is 6.59. The lowest BCUT2D eigenvalue weighted by Gasteiger charge is -2.10. The van der Waals surface area contributed by atoms with E-state index in [-0.39, 0.29) is 9.92 Å². The lowest BCUT2D eigenvalue weighted by atomic mass is 10.3. The van der Waals surface area contributed by atoms with Crippen molar-refractivity contribution >= 4 is 55.0 Å². The average Bonchev–Trinajstić information content (AvgIpc) is 2.93. The Hall–Kier alpha value is -1.55. The molecule has 0 aliphatic rings. The molecule has 1 N–H and O–H groups in total. The fraction of sp³-hybridized carbons (Fsp3) is 0.0667. The van der Waals surface area contributed by atoms with Crippen LogP contribution in [0.1, 0.15) is 0 Å². The molecule has 1 heterocycles. The normalized spacial score (nSPS) is 11.5. The molecule has 3 aromatic rings. The number of nitrogens with one attached hydrogen (secondary N) is 1. The third-order valence-electron chi connectivity index (χ3n) is 3.17. The van der Waals surface area contributed by atoms with Gasteiger partial charge in [-0.3, -0.25) is 4.72 Å². The number of aromatic nitrogens is 3. The van der Waals surface area contributed by atoms with Gasteiger partial charge in [0.05, 0.1) is 5.02 Å². The number of hydrogen-bond donors (Lipinski definition) is 1. The molecule has 0 atom stereocenters. The first-order valence-electron chi connectivity index (χ1n) is 6.95. The van der Waals surface area contributed by atoms with E-state index >= 15 is 0 Å². The molecule has 0 aliphatic carbocycles. The minimum Gasteiger partial charge on any atom is -0.311 e. The average molecular weight is 460 g/mol. The van der Waals surface area contributed by atoms with E-state index in [0.29, 0.717) is 10.2 Å². The molecule has 0 radical (unpaired) electrons. The van der Waals surface area contributed by atoms with Crippen LogP contribution in [-0.4, -0.2) is 23.2 Å². The van der Waals surface area contributed by atoms with Gasteiger partial charge in [0.15, 0.2) is 5.16 Å². The van der Waals surface area contributed by atoms with Gasteiger partial charge in [0.1, 0.15) is 11.2 Å². The first-order valence-corrected chi connectivity index (χ1v) is 10.4. The standard InChI is InChI=1S/C15H12BrClN4O2S2/c1-21-9-18-19-15(21)24-12-5-3-11(4-6-12)20-25(22,23)14-7-2-10(16)8-13(14)17/h2-9,20H,1H3. The van der Waals surface area contributed by atoms with Crippen molar-refractivity contribution in [1.29, 1.82) is 0 Å². The third kappa shape index (κ3) is 4.35. The molecule has 10 heteroatoms. The quantitative estimate of drug-likeness (QED) is 0.619. The summed E-state index contributed by atoms with van der Waals surface area (Å²) in [5.41, 5.74) is 0.446. The van der Waals surface area contributed by atoms with Crippen molar-refractivity contribution < 1.29 is 8.42 Å². The van der Waals surface area contributed by atoms with Gasteiger partial charge in [0, 0.05) is 22.1 Å². The van der Waals surface area contributed by atoms with Crippen molar-refractivity contribution in [2.45, 2.75) is 14.9 Å². The molecule has 0 saturated carbocycles. The largest absolute Gasteiger partial charge is 0.311 e. The molecule has 0 fully saturated rings. The summed E-state index contributed by atoms with van der Waals surface area (Å²) in [6, 6.07) is 11.6. The van der Waals surface area contributed by atoms with Crippen LogP contribution in [-0.2, 0) is 17.1 Å². The summed E-state index contributed by atoms with van der Waals surface area (Å²) < 4.78 is 30.0. The first kappa shape index (κ1) is 18.2. The number of sulfonamides is 1. The number of aryl methyl sites for hydroxylation is 1. The van der Waals surface area contributed by atoms with Gasteiger partial charge >= 0.3 is 0 Å². The van der Waals surface area contributed by atoms with Crippen LogP contribution in [0.25, 0.3) is 0 Å². The van der Waals surface area contributed by atoms with Crippen molar-refractivity contribution in [2.24, 2.45) is 7.05 Å². The number of hydrogen-bond acceptors (Lipinski definition) is 5. The molecule has 0 bridgehead atoms. The maximum Gasteiger partial charge on any atom is 0.263 e. The minimum absolute atomic E-state index is 0.0231. The maximum absolute atomic E-state index is 12.5. The summed E-state index contributed by atoms with van der Waals surface area (Å²) in [4.78, 5) is 0.940. The van der Waals surface area contributed by atoms with Crippen LogP contribution in [0.3, 0.4) is 0 Å². The van der Waals surface area contributed by atoms with Crippen molar-refractivity contribution in [3.05, 3.63) is 58.3 Å².